The van der Waals surface area contributed by atoms with Crippen molar-refractivity contribution in [2.75, 3.05) is 14.2 Å². The highest BCUT2D eigenvalue weighted by Crippen LogP contribution is 2.30. The van der Waals surface area contributed by atoms with Crippen molar-refractivity contribution in [1.82, 2.24) is 14.8 Å². The first-order valence-electron chi connectivity index (χ1n) is 8.05. The smallest absolute Gasteiger partial charge is 0.212 e. The Kier molecular flexibility index (Phi) is 5.18. The van der Waals surface area contributed by atoms with E-state index < -0.39 is 0 Å². The van der Waals surface area contributed by atoms with Crippen LogP contribution in [0.3, 0.4) is 0 Å². The van der Waals surface area contributed by atoms with Gasteiger partial charge < -0.3 is 14.2 Å². The van der Waals surface area contributed by atoms with Gasteiger partial charge in [-0.25, -0.2) is 4.98 Å². The number of methoxy groups -OCH3 is 2. The van der Waals surface area contributed by atoms with Gasteiger partial charge in [0.1, 0.15) is 18.1 Å². The zero-order valence-corrected chi connectivity index (χ0v) is 14.6. The molecule has 0 aliphatic rings. The Labute approximate surface area is 147 Å². The largest absolute Gasteiger partial charge is 0.497 e. The summed E-state index contributed by atoms with van der Waals surface area (Å²) in [7, 11) is 3.24. The Balaban J connectivity index is 1.81. The molecule has 0 unspecified atom stereocenters. The van der Waals surface area contributed by atoms with Crippen molar-refractivity contribution >= 4 is 0 Å². The van der Waals surface area contributed by atoms with Crippen LogP contribution >= 0.6 is 0 Å². The van der Waals surface area contributed by atoms with Gasteiger partial charge in [0, 0.05) is 42.2 Å². The summed E-state index contributed by atoms with van der Waals surface area (Å²) in [6.45, 7) is 3.34. The van der Waals surface area contributed by atoms with E-state index in [1.807, 2.05) is 47.4 Å². The molecule has 6 nitrogen and oxygen atoms in total. The van der Waals surface area contributed by atoms with Crippen LogP contribution in [0.15, 0.2) is 48.9 Å². The molecule has 0 aliphatic carbocycles. The average molecular weight is 339 g/mol. The molecule has 2 aromatic heterocycles. The third-order valence-electron chi connectivity index (χ3n) is 3.81. The predicted molar refractivity (Wildman–Crippen MR) is 95.0 cm³/mol. The van der Waals surface area contributed by atoms with Crippen molar-refractivity contribution in [2.45, 2.75) is 20.1 Å². The minimum Gasteiger partial charge on any atom is -0.497 e. The highest BCUT2D eigenvalue weighted by Gasteiger charge is 2.07. The third-order valence-corrected chi connectivity index (χ3v) is 3.81. The highest BCUT2D eigenvalue weighted by atomic mass is 16.5. The zero-order valence-electron chi connectivity index (χ0n) is 14.6. The summed E-state index contributed by atoms with van der Waals surface area (Å²) >= 11 is 0. The molecule has 3 rings (SSSR count). The molecule has 1 aromatic carbocycles. The molecule has 0 saturated heterocycles. The number of benzene rings is 1. The van der Waals surface area contributed by atoms with Gasteiger partial charge in [0.2, 0.25) is 5.88 Å². The molecule has 0 amide bonds. The molecule has 130 valence electrons. The first-order chi connectivity index (χ1) is 12.2. The van der Waals surface area contributed by atoms with Crippen LogP contribution in [0.4, 0.5) is 0 Å². The molecular formula is C19H21N3O3. The summed E-state index contributed by atoms with van der Waals surface area (Å²) in [5.74, 6) is 2.04. The van der Waals surface area contributed by atoms with Crippen molar-refractivity contribution in [2.24, 2.45) is 0 Å². The van der Waals surface area contributed by atoms with Crippen molar-refractivity contribution in [3.63, 3.8) is 0 Å². The summed E-state index contributed by atoms with van der Waals surface area (Å²) in [5, 5.41) is 4.25. The predicted octanol–water partition coefficient (Wildman–Crippen LogP) is 3.56. The van der Waals surface area contributed by atoms with Crippen LogP contribution in [-0.4, -0.2) is 29.0 Å². The van der Waals surface area contributed by atoms with E-state index in [1.54, 1.807) is 20.4 Å². The number of aryl methyl sites for hydroxylation is 1. The molecular weight excluding hydrogens is 318 g/mol. The lowest BCUT2D eigenvalue weighted by Crippen LogP contribution is -1.96. The summed E-state index contributed by atoms with van der Waals surface area (Å²) in [4.78, 5) is 4.25. The normalized spacial score (nSPS) is 10.5. The van der Waals surface area contributed by atoms with Gasteiger partial charge in [-0.2, -0.15) is 5.10 Å². The molecule has 0 radical (unpaired) electrons. The van der Waals surface area contributed by atoms with E-state index in [9.17, 15) is 0 Å². The summed E-state index contributed by atoms with van der Waals surface area (Å²) in [6, 6.07) is 9.57. The molecule has 25 heavy (non-hydrogen) atoms. The fourth-order valence-electron chi connectivity index (χ4n) is 2.43. The number of pyridine rings is 1. The van der Waals surface area contributed by atoms with Gasteiger partial charge in [-0.3, -0.25) is 4.68 Å². The van der Waals surface area contributed by atoms with Crippen LogP contribution in [0.5, 0.6) is 17.4 Å². The first-order valence-corrected chi connectivity index (χ1v) is 8.05. The van der Waals surface area contributed by atoms with Gasteiger partial charge >= 0.3 is 0 Å². The van der Waals surface area contributed by atoms with E-state index in [0.29, 0.717) is 12.5 Å². The van der Waals surface area contributed by atoms with Gasteiger partial charge in [-0.05, 0) is 30.7 Å². The molecule has 0 saturated carbocycles. The van der Waals surface area contributed by atoms with Gasteiger partial charge in [-0.1, -0.05) is 0 Å². The number of rotatable bonds is 7. The maximum absolute atomic E-state index is 5.92. The second-order valence-corrected chi connectivity index (χ2v) is 5.48. The van der Waals surface area contributed by atoms with E-state index in [-0.39, 0.29) is 0 Å². The highest BCUT2D eigenvalue weighted by molar-refractivity contribution is 5.66. The monoisotopic (exact) mass is 339 g/mol. The summed E-state index contributed by atoms with van der Waals surface area (Å²) in [6.07, 6.45) is 5.56. The lowest BCUT2D eigenvalue weighted by molar-refractivity contribution is 0.303. The van der Waals surface area contributed by atoms with Gasteiger partial charge in [0.25, 0.3) is 0 Å². The van der Waals surface area contributed by atoms with E-state index in [4.69, 9.17) is 14.2 Å². The Morgan fingerprint density at radius 2 is 1.80 bits per heavy atom. The number of ether oxygens (including phenoxy) is 3. The zero-order chi connectivity index (χ0) is 17.6. The number of hydrogen-bond donors (Lipinski definition) is 0. The molecule has 0 atom stereocenters. The standard InChI is InChI=1S/C19H21N3O3/c1-4-22-12-14(10-21-22)13-25-18-8-16(7-17(9-18)23-2)15-5-6-19(24-3)20-11-15/h5-12H,4,13H2,1-3H3. The van der Waals surface area contributed by atoms with Crippen molar-refractivity contribution < 1.29 is 14.2 Å². The van der Waals surface area contributed by atoms with E-state index in [2.05, 4.69) is 17.0 Å². The van der Waals surface area contributed by atoms with Crippen molar-refractivity contribution in [3.8, 4) is 28.5 Å². The molecule has 6 heteroatoms. The Morgan fingerprint density at radius 3 is 2.44 bits per heavy atom. The van der Waals surface area contributed by atoms with Gasteiger partial charge in [-0.15, -0.1) is 0 Å². The van der Waals surface area contributed by atoms with Crippen LogP contribution in [0.2, 0.25) is 0 Å². The van der Waals surface area contributed by atoms with E-state index >= 15 is 0 Å². The van der Waals surface area contributed by atoms with Gasteiger partial charge in [0.15, 0.2) is 0 Å². The van der Waals surface area contributed by atoms with Gasteiger partial charge in [0.05, 0.1) is 20.4 Å². The molecule has 0 bridgehead atoms. The van der Waals surface area contributed by atoms with Crippen LogP contribution in [0.25, 0.3) is 11.1 Å². The third kappa shape index (κ3) is 4.09. The van der Waals surface area contributed by atoms with Crippen LogP contribution in [-0.2, 0) is 13.2 Å². The number of aromatic nitrogens is 3. The quantitative estimate of drug-likeness (QED) is 0.659. The first kappa shape index (κ1) is 16.8. The molecule has 0 fully saturated rings. The topological polar surface area (TPSA) is 58.4 Å². The van der Waals surface area contributed by atoms with Crippen LogP contribution in [0, 0.1) is 0 Å². The van der Waals surface area contributed by atoms with Crippen LogP contribution in [0.1, 0.15) is 12.5 Å². The second kappa shape index (κ2) is 7.70. The molecule has 0 N–H and O–H groups in total. The van der Waals surface area contributed by atoms with Crippen LogP contribution < -0.4 is 14.2 Å². The SMILES string of the molecule is CCn1cc(COc2cc(OC)cc(-c3ccc(OC)nc3)c2)cn1. The minimum absolute atomic E-state index is 0.452. The lowest BCUT2D eigenvalue weighted by atomic mass is 10.1. The summed E-state index contributed by atoms with van der Waals surface area (Å²) < 4.78 is 18.3. The van der Waals surface area contributed by atoms with E-state index in [1.165, 1.54) is 0 Å². The average Bonchev–Trinajstić information content (AvgIpc) is 3.14. The molecule has 2 heterocycles. The summed E-state index contributed by atoms with van der Waals surface area (Å²) in [5.41, 5.74) is 2.95. The number of nitrogens with zero attached hydrogens (tertiary/aromatic N) is 3. The van der Waals surface area contributed by atoms with Crippen molar-refractivity contribution in [1.29, 1.82) is 0 Å². The number of hydrogen-bond acceptors (Lipinski definition) is 5. The Hall–Kier alpha value is -3.02. The maximum atomic E-state index is 5.92. The minimum atomic E-state index is 0.452. The fraction of sp³-hybridized carbons (Fsp3) is 0.263. The molecule has 0 spiro atoms. The fourth-order valence-corrected chi connectivity index (χ4v) is 2.43. The Bertz CT molecular complexity index is 828. The molecule has 0 aliphatic heterocycles. The Morgan fingerprint density at radius 1 is 0.960 bits per heavy atom. The molecule has 3 aromatic rings. The lowest BCUT2D eigenvalue weighted by Gasteiger charge is -2.11. The second-order valence-electron chi connectivity index (χ2n) is 5.48. The maximum Gasteiger partial charge on any atom is 0.212 e. The van der Waals surface area contributed by atoms with Crippen molar-refractivity contribution in [3.05, 3.63) is 54.5 Å². The van der Waals surface area contributed by atoms with E-state index in [0.717, 1.165) is 34.7 Å².